The minimum atomic E-state index is -0.810. The van der Waals surface area contributed by atoms with E-state index in [1.54, 1.807) is 12.1 Å². The van der Waals surface area contributed by atoms with Crippen LogP contribution >= 0.6 is 11.6 Å². The summed E-state index contributed by atoms with van der Waals surface area (Å²) in [6, 6.07) is 7.12. The van der Waals surface area contributed by atoms with Crippen molar-refractivity contribution in [3.05, 3.63) is 45.5 Å². The molecule has 1 aromatic carbocycles. The maximum Gasteiger partial charge on any atom is 0.294 e. The highest BCUT2D eigenvalue weighted by Crippen LogP contribution is 2.07. The molecule has 0 unspecified atom stereocenters. The largest absolute Gasteiger partial charge is 0.309 e. The molecule has 0 heterocycles. The van der Waals surface area contributed by atoms with Gasteiger partial charge < -0.3 is 4.84 Å². The summed E-state index contributed by atoms with van der Waals surface area (Å²) in [6.45, 7) is -0.0183. The molecule has 0 saturated heterocycles. The zero-order chi connectivity index (χ0) is 9.68. The van der Waals surface area contributed by atoms with Gasteiger partial charge >= 0.3 is 0 Å². The SMILES string of the molecule is O=[N+]([O-])OCc1ccc(CCl)cc1. The molecule has 1 rings (SSSR count). The predicted octanol–water partition coefficient (Wildman–Crippen LogP) is 2.13. The lowest BCUT2D eigenvalue weighted by Crippen LogP contribution is -2.00. The summed E-state index contributed by atoms with van der Waals surface area (Å²) in [4.78, 5) is 14.0. The van der Waals surface area contributed by atoms with E-state index in [1.165, 1.54) is 0 Å². The molecule has 0 bridgehead atoms. The van der Waals surface area contributed by atoms with Crippen LogP contribution in [0.15, 0.2) is 24.3 Å². The van der Waals surface area contributed by atoms with E-state index in [1.807, 2.05) is 12.1 Å². The van der Waals surface area contributed by atoms with Crippen molar-refractivity contribution in [2.45, 2.75) is 12.5 Å². The second-order valence-electron chi connectivity index (χ2n) is 2.45. The van der Waals surface area contributed by atoms with Crippen LogP contribution in [0.5, 0.6) is 0 Å². The maximum absolute atomic E-state index is 9.86. The number of benzene rings is 1. The summed E-state index contributed by atoms with van der Waals surface area (Å²) in [6.07, 6.45) is 0. The van der Waals surface area contributed by atoms with Gasteiger partial charge in [-0.1, -0.05) is 24.3 Å². The first-order valence-corrected chi connectivity index (χ1v) is 4.17. The molecular formula is C8H8ClNO3. The summed E-state index contributed by atoms with van der Waals surface area (Å²) in [7, 11) is 0. The van der Waals surface area contributed by atoms with Crippen molar-refractivity contribution in [3.63, 3.8) is 0 Å². The molecule has 0 aliphatic carbocycles. The lowest BCUT2D eigenvalue weighted by molar-refractivity contribution is -0.763. The third-order valence-corrected chi connectivity index (χ3v) is 1.82. The number of rotatable bonds is 4. The Hall–Kier alpha value is -1.29. The molecule has 5 heteroatoms. The molecule has 0 fully saturated rings. The Morgan fingerprint density at radius 2 is 1.85 bits per heavy atom. The second-order valence-corrected chi connectivity index (χ2v) is 2.71. The van der Waals surface area contributed by atoms with E-state index in [4.69, 9.17) is 11.6 Å². The Morgan fingerprint density at radius 3 is 2.31 bits per heavy atom. The Morgan fingerprint density at radius 1 is 1.31 bits per heavy atom. The standard InChI is InChI=1S/C8H8ClNO3/c9-5-7-1-3-8(4-2-7)6-13-10(11)12/h1-4H,5-6H2. The van der Waals surface area contributed by atoms with Crippen molar-refractivity contribution in [3.8, 4) is 0 Å². The van der Waals surface area contributed by atoms with Crippen molar-refractivity contribution in [2.24, 2.45) is 0 Å². The third kappa shape index (κ3) is 3.29. The first-order valence-electron chi connectivity index (χ1n) is 3.63. The molecule has 0 aromatic heterocycles. The van der Waals surface area contributed by atoms with E-state index < -0.39 is 5.09 Å². The average molecular weight is 202 g/mol. The first-order chi connectivity index (χ1) is 6.22. The highest BCUT2D eigenvalue weighted by molar-refractivity contribution is 6.17. The fourth-order valence-corrected chi connectivity index (χ4v) is 1.03. The zero-order valence-electron chi connectivity index (χ0n) is 6.77. The van der Waals surface area contributed by atoms with Gasteiger partial charge in [-0.2, -0.15) is 0 Å². The van der Waals surface area contributed by atoms with Gasteiger partial charge in [0, 0.05) is 5.88 Å². The summed E-state index contributed by atoms with van der Waals surface area (Å²) >= 11 is 5.57. The highest BCUT2D eigenvalue weighted by atomic mass is 35.5. The minimum Gasteiger partial charge on any atom is -0.309 e. The fraction of sp³-hybridized carbons (Fsp3) is 0.250. The van der Waals surface area contributed by atoms with Gasteiger partial charge in [-0.25, -0.2) is 0 Å². The van der Waals surface area contributed by atoms with Crippen molar-refractivity contribution < 1.29 is 9.92 Å². The molecule has 4 nitrogen and oxygen atoms in total. The summed E-state index contributed by atoms with van der Waals surface area (Å²) in [5.41, 5.74) is 1.73. The van der Waals surface area contributed by atoms with Crippen LogP contribution in [0.25, 0.3) is 0 Å². The first kappa shape index (κ1) is 9.80. The van der Waals surface area contributed by atoms with E-state index in [0.29, 0.717) is 5.88 Å². The van der Waals surface area contributed by atoms with Crippen LogP contribution in [0.3, 0.4) is 0 Å². The lowest BCUT2D eigenvalue weighted by atomic mass is 10.2. The van der Waals surface area contributed by atoms with Crippen LogP contribution in [-0.2, 0) is 17.3 Å². The quantitative estimate of drug-likeness (QED) is 0.426. The van der Waals surface area contributed by atoms with Crippen LogP contribution in [0.1, 0.15) is 11.1 Å². The molecule has 13 heavy (non-hydrogen) atoms. The van der Waals surface area contributed by atoms with Crippen molar-refractivity contribution >= 4 is 11.6 Å². The van der Waals surface area contributed by atoms with Gasteiger partial charge in [0.1, 0.15) is 6.61 Å². The van der Waals surface area contributed by atoms with Crippen LogP contribution in [0.4, 0.5) is 0 Å². The highest BCUT2D eigenvalue weighted by Gasteiger charge is 1.97. The van der Waals surface area contributed by atoms with Gasteiger partial charge in [0.15, 0.2) is 0 Å². The molecule has 0 radical (unpaired) electrons. The van der Waals surface area contributed by atoms with E-state index in [2.05, 4.69) is 4.84 Å². The number of hydrogen-bond donors (Lipinski definition) is 0. The van der Waals surface area contributed by atoms with Crippen molar-refractivity contribution in [2.75, 3.05) is 0 Å². The van der Waals surface area contributed by atoms with Gasteiger partial charge in [0.2, 0.25) is 0 Å². The molecule has 0 N–H and O–H groups in total. The smallest absolute Gasteiger partial charge is 0.294 e. The van der Waals surface area contributed by atoms with Crippen molar-refractivity contribution in [1.29, 1.82) is 0 Å². The minimum absolute atomic E-state index is 0.0183. The molecule has 0 aliphatic heterocycles. The van der Waals surface area contributed by atoms with Gasteiger partial charge in [-0.3, -0.25) is 0 Å². The van der Waals surface area contributed by atoms with Crippen LogP contribution in [-0.4, -0.2) is 5.09 Å². The summed E-state index contributed by atoms with van der Waals surface area (Å²) < 4.78 is 0. The number of nitrogens with zero attached hydrogens (tertiary/aromatic N) is 1. The van der Waals surface area contributed by atoms with Crippen LogP contribution in [0, 0.1) is 10.1 Å². The molecule has 70 valence electrons. The Bertz CT molecular complexity index is 286. The topological polar surface area (TPSA) is 52.4 Å². The van der Waals surface area contributed by atoms with Crippen LogP contribution in [0.2, 0.25) is 0 Å². The van der Waals surface area contributed by atoms with Gasteiger partial charge in [0.05, 0.1) is 0 Å². The Kier molecular flexibility index (Phi) is 3.52. The maximum atomic E-state index is 9.86. The van der Waals surface area contributed by atoms with E-state index in [-0.39, 0.29) is 6.61 Å². The van der Waals surface area contributed by atoms with Gasteiger partial charge in [0.25, 0.3) is 5.09 Å². The Labute approximate surface area is 80.2 Å². The number of hydrogen-bond acceptors (Lipinski definition) is 3. The zero-order valence-corrected chi connectivity index (χ0v) is 7.53. The molecule has 0 spiro atoms. The summed E-state index contributed by atoms with van der Waals surface area (Å²) in [5, 5.41) is 9.05. The summed E-state index contributed by atoms with van der Waals surface area (Å²) in [5.74, 6) is 0.441. The number of alkyl halides is 1. The Balaban J connectivity index is 2.54. The van der Waals surface area contributed by atoms with Crippen LogP contribution < -0.4 is 0 Å². The lowest BCUT2D eigenvalue weighted by Gasteiger charge is -2.00. The predicted molar refractivity (Wildman–Crippen MR) is 47.8 cm³/mol. The van der Waals surface area contributed by atoms with Crippen molar-refractivity contribution in [1.82, 2.24) is 0 Å². The van der Waals surface area contributed by atoms with Gasteiger partial charge in [-0.05, 0) is 11.1 Å². The van der Waals surface area contributed by atoms with E-state index in [0.717, 1.165) is 11.1 Å². The molecule has 0 saturated carbocycles. The van der Waals surface area contributed by atoms with E-state index >= 15 is 0 Å². The molecule has 0 atom stereocenters. The average Bonchev–Trinajstić information content (AvgIpc) is 2.15. The fourth-order valence-electron chi connectivity index (χ4n) is 0.852. The number of halogens is 1. The molecule has 0 amide bonds. The monoisotopic (exact) mass is 201 g/mol. The molecule has 1 aromatic rings. The van der Waals surface area contributed by atoms with E-state index in [9.17, 15) is 10.1 Å². The molecule has 0 aliphatic rings. The van der Waals surface area contributed by atoms with Gasteiger partial charge in [-0.15, -0.1) is 21.7 Å². The third-order valence-electron chi connectivity index (χ3n) is 1.51. The molecular weight excluding hydrogens is 194 g/mol. The normalized spacial score (nSPS) is 9.62. The second kappa shape index (κ2) is 4.67.